The molecule has 3 nitrogen and oxygen atoms in total. The van der Waals surface area contributed by atoms with Gasteiger partial charge in [-0.1, -0.05) is 0 Å². The van der Waals surface area contributed by atoms with Gasteiger partial charge in [-0.3, -0.25) is 0 Å². The van der Waals surface area contributed by atoms with E-state index in [0.29, 0.717) is 0 Å². The van der Waals surface area contributed by atoms with Gasteiger partial charge in [0.05, 0.1) is 0 Å². The van der Waals surface area contributed by atoms with Crippen LogP contribution in [0.25, 0.3) is 0 Å². The van der Waals surface area contributed by atoms with Crippen molar-refractivity contribution in [2.75, 3.05) is 0 Å². The minimum atomic E-state index is 0.986. The van der Waals surface area contributed by atoms with E-state index in [4.69, 9.17) is 0 Å². The van der Waals surface area contributed by atoms with Crippen LogP contribution < -0.4 is 3.84 Å². The Morgan fingerprint density at radius 3 is 2.83 bits per heavy atom. The average molecular weight is 188 g/mol. The van der Waals surface area contributed by atoms with Gasteiger partial charge in [0.15, 0.2) is 0 Å². The van der Waals surface area contributed by atoms with Crippen molar-refractivity contribution in [3.05, 3.63) is 6.33 Å². The molecule has 0 aliphatic rings. The predicted octanol–water partition coefficient (Wildman–Crippen LogP) is -1.67. The number of H-pyrrole nitrogens is 1. The molecule has 0 bridgehead atoms. The molecule has 1 aromatic heterocycles. The van der Waals surface area contributed by atoms with Crippen molar-refractivity contribution in [1.29, 1.82) is 0 Å². The summed E-state index contributed by atoms with van der Waals surface area (Å²) in [4.78, 5) is 2.84. The first-order valence-electron chi connectivity index (χ1n) is 1.51. The Kier molecular flexibility index (Phi) is 1.09. The number of aromatic nitrogens is 3. The van der Waals surface area contributed by atoms with Crippen molar-refractivity contribution in [2.24, 2.45) is 0 Å². The first-order chi connectivity index (χ1) is 2.89. The predicted molar refractivity (Wildman–Crippen MR) is 23.2 cm³/mol. The molecule has 2 radical (unpaired) electrons. The second-order valence-electron chi connectivity index (χ2n) is 0.874. The molecule has 1 aromatic rings. The Hall–Kier alpha value is -0.0613. The summed E-state index contributed by atoms with van der Waals surface area (Å²) < 4.78 is 0.986. The van der Waals surface area contributed by atoms with Gasteiger partial charge < -0.3 is 0 Å². The molecule has 0 amide bonds. The fourth-order valence-electron chi connectivity index (χ4n) is 0.215. The number of aromatic amines is 1. The third kappa shape index (κ3) is 0.706. The summed E-state index contributed by atoms with van der Waals surface area (Å²) in [7, 11) is 0. The van der Waals surface area contributed by atoms with Gasteiger partial charge in [-0.15, -0.1) is 0 Å². The number of nitrogens with one attached hydrogen (secondary N) is 1. The molecule has 0 aliphatic carbocycles. The number of rotatable bonds is 0. The number of hydrogen-bond donors (Lipinski definition) is 1. The van der Waals surface area contributed by atoms with E-state index in [2.05, 4.69) is 15.2 Å². The number of nitrogens with zero attached hydrogens (tertiary/aromatic N) is 2. The van der Waals surface area contributed by atoms with Crippen LogP contribution in [0.5, 0.6) is 0 Å². The van der Waals surface area contributed by atoms with E-state index >= 15 is 0 Å². The topological polar surface area (TPSA) is 41.6 Å². The standard InChI is InChI=1S/C2H2N3.Sn.H/c1-3-2-5-4-1;;/h1H,(H,3,4,5);;. The van der Waals surface area contributed by atoms with Gasteiger partial charge in [0.1, 0.15) is 0 Å². The van der Waals surface area contributed by atoms with Crippen LogP contribution in [0.15, 0.2) is 6.33 Å². The summed E-state index contributed by atoms with van der Waals surface area (Å²) in [6.45, 7) is 0. The van der Waals surface area contributed by atoms with Crippen LogP contribution in [0.1, 0.15) is 0 Å². The zero-order valence-corrected chi connectivity index (χ0v) is 6.34. The van der Waals surface area contributed by atoms with Crippen molar-refractivity contribution in [3.8, 4) is 0 Å². The van der Waals surface area contributed by atoms with Crippen LogP contribution in [-0.4, -0.2) is 37.7 Å². The molecule has 4 heteroatoms. The first-order valence-corrected chi connectivity index (χ1v) is 3.16. The molecule has 30 valence electrons. The van der Waals surface area contributed by atoms with Crippen LogP contribution in [-0.2, 0) is 0 Å². The van der Waals surface area contributed by atoms with E-state index in [1.54, 1.807) is 6.33 Å². The van der Waals surface area contributed by atoms with Gasteiger partial charge in [-0.2, -0.15) is 0 Å². The first kappa shape index (κ1) is 4.11. The molecule has 1 heterocycles. The van der Waals surface area contributed by atoms with Crippen molar-refractivity contribution in [1.82, 2.24) is 15.2 Å². The van der Waals surface area contributed by atoms with Gasteiger partial charge >= 0.3 is 47.9 Å². The molecule has 1 rings (SSSR count). The normalized spacial score (nSPS) is 8.83. The fraction of sp³-hybridized carbons (Fsp3) is 0. The van der Waals surface area contributed by atoms with E-state index in [1.165, 1.54) is 0 Å². The fourth-order valence-corrected chi connectivity index (χ4v) is 0.618. The van der Waals surface area contributed by atoms with Gasteiger partial charge in [0.2, 0.25) is 0 Å². The molecule has 6 heavy (non-hydrogen) atoms. The maximum absolute atomic E-state index is 3.67. The van der Waals surface area contributed by atoms with Gasteiger partial charge in [-0.25, -0.2) is 0 Å². The third-order valence-corrected chi connectivity index (χ3v) is 1.24. The molecule has 0 spiro atoms. The summed E-state index contributed by atoms with van der Waals surface area (Å²) in [6, 6.07) is 0. The van der Waals surface area contributed by atoms with Crippen LogP contribution in [0.4, 0.5) is 0 Å². The summed E-state index contributed by atoms with van der Waals surface area (Å²) in [5, 5.41) is 7.22. The molecule has 1 N–H and O–H groups in total. The molecule has 0 unspecified atom stereocenters. The monoisotopic (exact) mass is 189 g/mol. The second-order valence-corrected chi connectivity index (χ2v) is 2.43. The molecule has 0 fully saturated rings. The van der Waals surface area contributed by atoms with Gasteiger partial charge in [0.25, 0.3) is 0 Å². The Bertz CT molecular complexity index is 112. The quantitative estimate of drug-likeness (QED) is 0.494. The summed E-state index contributed by atoms with van der Waals surface area (Å²) in [6.07, 6.45) is 1.58. The minimum absolute atomic E-state index is 0.986. The van der Waals surface area contributed by atoms with Crippen LogP contribution in [0, 0.1) is 0 Å². The van der Waals surface area contributed by atoms with E-state index in [9.17, 15) is 0 Å². The summed E-state index contributed by atoms with van der Waals surface area (Å²) in [5.74, 6) is 0. The van der Waals surface area contributed by atoms with Crippen LogP contribution in [0.2, 0.25) is 0 Å². The molecular formula is C2H3N3Sn. The zero-order valence-electron chi connectivity index (χ0n) is 3.05. The van der Waals surface area contributed by atoms with Crippen molar-refractivity contribution < 1.29 is 0 Å². The van der Waals surface area contributed by atoms with E-state index in [1.807, 2.05) is 0 Å². The molecule has 0 saturated carbocycles. The molecular weight excluding hydrogens is 185 g/mol. The number of hydrogen-bond acceptors (Lipinski definition) is 2. The SMILES string of the molecule is [SnH][c]1nnc[nH]1. The molecule has 0 saturated heterocycles. The van der Waals surface area contributed by atoms with E-state index in [-0.39, 0.29) is 0 Å². The van der Waals surface area contributed by atoms with Crippen LogP contribution >= 0.6 is 0 Å². The molecule has 0 atom stereocenters. The second kappa shape index (κ2) is 1.59. The zero-order chi connectivity index (χ0) is 4.41. The summed E-state index contributed by atoms with van der Waals surface area (Å²) >= 11 is 1.02. The molecule has 0 aliphatic heterocycles. The van der Waals surface area contributed by atoms with Crippen molar-refractivity contribution >= 4 is 26.4 Å². The Balaban J connectivity index is 3.05. The van der Waals surface area contributed by atoms with Crippen molar-refractivity contribution in [2.45, 2.75) is 0 Å². The van der Waals surface area contributed by atoms with Gasteiger partial charge in [-0.05, 0) is 0 Å². The van der Waals surface area contributed by atoms with E-state index < -0.39 is 0 Å². The molecule has 0 aromatic carbocycles. The van der Waals surface area contributed by atoms with Crippen LogP contribution in [0.3, 0.4) is 0 Å². The Morgan fingerprint density at radius 2 is 2.67 bits per heavy atom. The van der Waals surface area contributed by atoms with Gasteiger partial charge in [0, 0.05) is 0 Å². The van der Waals surface area contributed by atoms with E-state index in [0.717, 1.165) is 26.4 Å². The third-order valence-electron chi connectivity index (χ3n) is 0.436. The maximum atomic E-state index is 3.67. The summed E-state index contributed by atoms with van der Waals surface area (Å²) in [5.41, 5.74) is 0. The Morgan fingerprint density at radius 1 is 1.83 bits per heavy atom. The van der Waals surface area contributed by atoms with Crippen molar-refractivity contribution in [3.63, 3.8) is 0 Å². The average Bonchev–Trinajstić information content (AvgIpc) is 1.86. The Labute approximate surface area is 48.3 Å².